The van der Waals surface area contributed by atoms with E-state index in [1.807, 2.05) is 33.8 Å². The Bertz CT molecular complexity index is 458. The van der Waals surface area contributed by atoms with E-state index in [1.165, 1.54) is 36.8 Å². The average Bonchev–Trinajstić information content (AvgIpc) is 2.86. The fourth-order valence-electron chi connectivity index (χ4n) is 4.02. The van der Waals surface area contributed by atoms with Crippen molar-refractivity contribution in [2.24, 2.45) is 17.8 Å². The van der Waals surface area contributed by atoms with Crippen molar-refractivity contribution in [1.82, 2.24) is 0 Å². The molecule has 0 spiro atoms. The van der Waals surface area contributed by atoms with Crippen molar-refractivity contribution in [3.63, 3.8) is 0 Å². The summed E-state index contributed by atoms with van der Waals surface area (Å²) in [6, 6.07) is 0. The molecule has 2 rings (SSSR count). The highest BCUT2D eigenvalue weighted by Crippen LogP contribution is 2.49. The minimum Gasteiger partial charge on any atom is -0.0991 e. The molecule has 0 aliphatic heterocycles. The largest absolute Gasteiger partial charge is 0.0991 e. The number of rotatable bonds is 4. The second-order valence-electron chi connectivity index (χ2n) is 6.05. The van der Waals surface area contributed by atoms with Crippen molar-refractivity contribution < 1.29 is 0 Å². The predicted octanol–water partition coefficient (Wildman–Crippen LogP) is 8.06. The maximum atomic E-state index is 4.10. The van der Waals surface area contributed by atoms with Gasteiger partial charge >= 0.3 is 0 Å². The van der Waals surface area contributed by atoms with Gasteiger partial charge in [-0.25, -0.2) is 0 Å². The molecule has 0 amide bonds. The summed E-state index contributed by atoms with van der Waals surface area (Å²) in [5.74, 6) is 1.98. The lowest BCUT2D eigenvalue weighted by atomic mass is 9.80. The van der Waals surface area contributed by atoms with Gasteiger partial charge in [0, 0.05) is 5.92 Å². The van der Waals surface area contributed by atoms with E-state index in [-0.39, 0.29) is 0 Å². The van der Waals surface area contributed by atoms with Crippen molar-refractivity contribution >= 4 is 0 Å². The molecule has 0 aromatic heterocycles. The summed E-state index contributed by atoms with van der Waals surface area (Å²) in [5.41, 5.74) is 4.46. The molecule has 3 atom stereocenters. The first kappa shape index (κ1) is 22.7. The van der Waals surface area contributed by atoms with Gasteiger partial charge in [0.2, 0.25) is 0 Å². The van der Waals surface area contributed by atoms with Gasteiger partial charge in [0.05, 0.1) is 0 Å². The SMILES string of the molecule is C=C/C=C(/CC)C1=C(C=C)C2/C=C\CCCCC2C1C.CC.CC. The van der Waals surface area contributed by atoms with Crippen LogP contribution in [0.5, 0.6) is 0 Å². The van der Waals surface area contributed by atoms with Crippen LogP contribution in [0.25, 0.3) is 0 Å². The Kier molecular flexibility index (Phi) is 12.3. The summed E-state index contributed by atoms with van der Waals surface area (Å²) >= 11 is 0. The molecule has 0 nitrogen and oxygen atoms in total. The molecule has 0 aromatic rings. The third-order valence-electron chi connectivity index (χ3n) is 5.00. The van der Waals surface area contributed by atoms with Crippen LogP contribution in [-0.4, -0.2) is 0 Å². The molecule has 0 heterocycles. The van der Waals surface area contributed by atoms with E-state index in [0.29, 0.717) is 11.8 Å². The molecular weight excluding hydrogens is 288 g/mol. The normalized spacial score (nSPS) is 27.4. The van der Waals surface area contributed by atoms with E-state index in [2.05, 4.69) is 51.3 Å². The van der Waals surface area contributed by atoms with Crippen molar-refractivity contribution in [2.45, 2.75) is 73.6 Å². The predicted molar refractivity (Wildman–Crippen MR) is 112 cm³/mol. The number of fused-ring (bicyclic) bond motifs is 1. The zero-order valence-corrected chi connectivity index (χ0v) is 17.1. The zero-order valence-electron chi connectivity index (χ0n) is 17.1. The van der Waals surface area contributed by atoms with Crippen LogP contribution in [0.2, 0.25) is 0 Å². The maximum absolute atomic E-state index is 4.10. The second-order valence-corrected chi connectivity index (χ2v) is 6.05. The fourth-order valence-corrected chi connectivity index (χ4v) is 4.02. The molecule has 0 N–H and O–H groups in total. The average molecular weight is 329 g/mol. The molecule has 0 fully saturated rings. The van der Waals surface area contributed by atoms with E-state index < -0.39 is 0 Å². The summed E-state index contributed by atoms with van der Waals surface area (Å²) in [5, 5.41) is 0. The lowest BCUT2D eigenvalue weighted by Crippen LogP contribution is -2.16. The van der Waals surface area contributed by atoms with Gasteiger partial charge in [-0.3, -0.25) is 0 Å². The zero-order chi connectivity index (χ0) is 18.5. The lowest BCUT2D eigenvalue weighted by molar-refractivity contribution is 0.340. The first-order valence-corrected chi connectivity index (χ1v) is 10.1. The quantitative estimate of drug-likeness (QED) is 0.361. The van der Waals surface area contributed by atoms with Crippen LogP contribution in [0.15, 0.2) is 60.3 Å². The van der Waals surface area contributed by atoms with Gasteiger partial charge in [-0.15, -0.1) is 0 Å². The van der Waals surface area contributed by atoms with Gasteiger partial charge in [-0.2, -0.15) is 0 Å². The highest BCUT2D eigenvalue weighted by atomic mass is 14.4. The van der Waals surface area contributed by atoms with E-state index in [9.17, 15) is 0 Å². The Labute approximate surface area is 152 Å². The number of hydrogen-bond donors (Lipinski definition) is 0. The monoisotopic (exact) mass is 328 g/mol. The third-order valence-corrected chi connectivity index (χ3v) is 5.00. The summed E-state index contributed by atoms with van der Waals surface area (Å²) in [4.78, 5) is 0. The van der Waals surface area contributed by atoms with Gasteiger partial charge in [-0.05, 0) is 54.2 Å². The molecule has 0 radical (unpaired) electrons. The molecule has 2 aliphatic rings. The van der Waals surface area contributed by atoms with Crippen molar-refractivity contribution in [3.05, 3.63) is 60.3 Å². The minimum atomic E-state index is 0.581. The topological polar surface area (TPSA) is 0 Å². The smallest absolute Gasteiger partial charge is 0.00547 e. The van der Waals surface area contributed by atoms with Crippen LogP contribution < -0.4 is 0 Å². The van der Waals surface area contributed by atoms with Crippen molar-refractivity contribution in [2.75, 3.05) is 0 Å². The van der Waals surface area contributed by atoms with E-state index in [1.54, 1.807) is 5.57 Å². The molecule has 0 saturated carbocycles. The number of allylic oxidation sites excluding steroid dienone is 8. The molecule has 2 aliphatic carbocycles. The minimum absolute atomic E-state index is 0.581. The summed E-state index contributed by atoms with van der Waals surface area (Å²) in [6.07, 6.45) is 17.4. The van der Waals surface area contributed by atoms with Crippen LogP contribution in [0.4, 0.5) is 0 Å². The lowest BCUT2D eigenvalue weighted by Gasteiger charge is -2.24. The standard InChI is InChI=1S/C20H28.2C2H6/c1-5-12-16(6-2)20-15(4)18-13-10-8-9-11-14-19(18)17(20)7-3;2*1-2/h5,7,11-12,14-15,18-19H,1,3,6,8-10,13H2,2,4H3;2*1-2H3/b14-11-,16-12-;;. The third kappa shape index (κ3) is 5.36. The molecule has 3 unspecified atom stereocenters. The fraction of sp³-hybridized carbons (Fsp3) is 0.583. The van der Waals surface area contributed by atoms with Crippen molar-refractivity contribution in [3.8, 4) is 0 Å². The van der Waals surface area contributed by atoms with Crippen LogP contribution in [0, 0.1) is 17.8 Å². The van der Waals surface area contributed by atoms with Gasteiger partial charge in [0.25, 0.3) is 0 Å². The molecule has 136 valence electrons. The summed E-state index contributed by atoms with van der Waals surface area (Å²) in [6.45, 7) is 20.6. The highest BCUT2D eigenvalue weighted by molar-refractivity contribution is 5.49. The van der Waals surface area contributed by atoms with E-state index in [4.69, 9.17) is 0 Å². The van der Waals surface area contributed by atoms with Crippen molar-refractivity contribution in [1.29, 1.82) is 0 Å². The van der Waals surface area contributed by atoms with Gasteiger partial charge in [0.1, 0.15) is 0 Å². The Morgan fingerprint density at radius 3 is 2.38 bits per heavy atom. The number of hydrogen-bond acceptors (Lipinski definition) is 0. The van der Waals surface area contributed by atoms with E-state index in [0.717, 1.165) is 12.3 Å². The molecule has 0 saturated heterocycles. The van der Waals surface area contributed by atoms with Crippen LogP contribution in [-0.2, 0) is 0 Å². The van der Waals surface area contributed by atoms with Gasteiger partial charge < -0.3 is 0 Å². The van der Waals surface area contributed by atoms with Crippen LogP contribution >= 0.6 is 0 Å². The van der Waals surface area contributed by atoms with Crippen LogP contribution in [0.3, 0.4) is 0 Å². The second kappa shape index (κ2) is 13.0. The van der Waals surface area contributed by atoms with E-state index >= 15 is 0 Å². The van der Waals surface area contributed by atoms with Crippen LogP contribution in [0.1, 0.15) is 73.6 Å². The summed E-state index contributed by atoms with van der Waals surface area (Å²) in [7, 11) is 0. The Morgan fingerprint density at radius 1 is 1.17 bits per heavy atom. The first-order valence-electron chi connectivity index (χ1n) is 10.1. The Morgan fingerprint density at radius 2 is 1.83 bits per heavy atom. The van der Waals surface area contributed by atoms with Gasteiger partial charge in [0.15, 0.2) is 0 Å². The van der Waals surface area contributed by atoms with Gasteiger partial charge in [-0.1, -0.05) is 91.5 Å². The highest BCUT2D eigenvalue weighted by Gasteiger charge is 2.38. The molecule has 0 bridgehead atoms. The maximum Gasteiger partial charge on any atom is 0.00547 e. The molecule has 0 aromatic carbocycles. The Hall–Kier alpha value is -1.30. The molecular formula is C24H40. The molecule has 0 heteroatoms. The summed E-state index contributed by atoms with van der Waals surface area (Å²) < 4.78 is 0. The molecule has 24 heavy (non-hydrogen) atoms. The first-order chi connectivity index (χ1) is 11.7. The Balaban J connectivity index is 0.00000123.